The van der Waals surface area contributed by atoms with Crippen molar-refractivity contribution >= 4 is 6.08 Å². The Hall–Kier alpha value is -3.13. The van der Waals surface area contributed by atoms with Gasteiger partial charge in [0.05, 0.1) is 5.69 Å². The fourth-order valence-corrected chi connectivity index (χ4v) is 3.48. The highest BCUT2D eigenvalue weighted by Crippen LogP contribution is 2.32. The van der Waals surface area contributed by atoms with E-state index >= 15 is 0 Å². The highest BCUT2D eigenvalue weighted by Gasteiger charge is 2.09. The second-order valence-electron chi connectivity index (χ2n) is 6.83. The van der Waals surface area contributed by atoms with Crippen LogP contribution < -0.4 is 0 Å². The monoisotopic (exact) mass is 352 g/mol. The van der Waals surface area contributed by atoms with Crippen molar-refractivity contribution in [3.8, 4) is 22.3 Å². The molecule has 0 aliphatic carbocycles. The lowest BCUT2D eigenvalue weighted by Crippen LogP contribution is -2.09. The van der Waals surface area contributed by atoms with E-state index < -0.39 is 0 Å². The van der Waals surface area contributed by atoms with E-state index in [2.05, 4.69) is 95.0 Å². The van der Waals surface area contributed by atoms with Crippen molar-refractivity contribution in [3.05, 3.63) is 97.0 Å². The van der Waals surface area contributed by atoms with Crippen LogP contribution in [-0.2, 0) is 0 Å². The molecule has 0 unspecified atom stereocenters. The predicted molar refractivity (Wildman–Crippen MR) is 114 cm³/mol. The third-order valence-electron chi connectivity index (χ3n) is 4.91. The zero-order chi connectivity index (χ0) is 18.3. The van der Waals surface area contributed by atoms with Crippen LogP contribution in [-0.4, -0.2) is 23.0 Å². The quantitative estimate of drug-likeness (QED) is 0.521. The van der Waals surface area contributed by atoms with E-state index in [0.717, 1.165) is 11.3 Å². The van der Waals surface area contributed by atoms with Crippen molar-refractivity contribution in [1.29, 1.82) is 0 Å². The van der Waals surface area contributed by atoms with Gasteiger partial charge in [-0.15, -0.1) is 0 Å². The van der Waals surface area contributed by atoms with Crippen LogP contribution in [0.3, 0.4) is 0 Å². The van der Waals surface area contributed by atoms with Gasteiger partial charge in [0.15, 0.2) is 0 Å². The van der Waals surface area contributed by atoms with Crippen LogP contribution in [0.15, 0.2) is 91.3 Å². The molecule has 4 rings (SSSR count). The van der Waals surface area contributed by atoms with Gasteiger partial charge in [-0.1, -0.05) is 66.7 Å². The molecule has 0 atom stereocenters. The summed E-state index contributed by atoms with van der Waals surface area (Å²) < 4.78 is 0. The van der Waals surface area contributed by atoms with Gasteiger partial charge in [-0.3, -0.25) is 4.98 Å². The molecule has 2 aromatic carbocycles. The fraction of sp³-hybridized carbons (Fsp3) is 0.160. The number of benzene rings is 2. The molecule has 134 valence electrons. The van der Waals surface area contributed by atoms with Crippen LogP contribution in [0.1, 0.15) is 18.5 Å². The molecule has 1 saturated heterocycles. The lowest BCUT2D eigenvalue weighted by atomic mass is 9.95. The first-order valence-corrected chi connectivity index (χ1v) is 9.60. The van der Waals surface area contributed by atoms with Gasteiger partial charge < -0.3 is 4.90 Å². The highest BCUT2D eigenvalue weighted by molar-refractivity contribution is 5.83. The molecule has 27 heavy (non-hydrogen) atoms. The normalized spacial score (nSPS) is 14.4. The molecule has 2 heterocycles. The molecule has 3 aromatic rings. The number of rotatable bonds is 5. The van der Waals surface area contributed by atoms with Gasteiger partial charge in [-0.05, 0) is 54.0 Å². The van der Waals surface area contributed by atoms with E-state index in [9.17, 15) is 0 Å². The smallest absolute Gasteiger partial charge is 0.0636 e. The second-order valence-corrected chi connectivity index (χ2v) is 6.83. The van der Waals surface area contributed by atoms with Gasteiger partial charge in [0.1, 0.15) is 0 Å². The summed E-state index contributed by atoms with van der Waals surface area (Å²) in [6, 6.07) is 23.2. The zero-order valence-electron chi connectivity index (χ0n) is 15.5. The van der Waals surface area contributed by atoms with E-state index in [-0.39, 0.29) is 0 Å². The van der Waals surface area contributed by atoms with Gasteiger partial charge in [0.25, 0.3) is 0 Å². The molecule has 1 fully saturated rings. The Balaban J connectivity index is 1.64. The maximum atomic E-state index is 4.68. The SMILES string of the molecule is C(C=CN1CCCC1)=Cc1cc(-c2ccccc2)c(-c2ccccc2)cn1. The van der Waals surface area contributed by atoms with Crippen molar-refractivity contribution in [2.45, 2.75) is 12.8 Å². The third-order valence-corrected chi connectivity index (χ3v) is 4.91. The van der Waals surface area contributed by atoms with E-state index in [4.69, 9.17) is 0 Å². The number of hydrogen-bond donors (Lipinski definition) is 0. The number of aromatic nitrogens is 1. The topological polar surface area (TPSA) is 16.1 Å². The molecule has 0 saturated carbocycles. The second kappa shape index (κ2) is 8.50. The Bertz CT molecular complexity index is 921. The van der Waals surface area contributed by atoms with Crippen molar-refractivity contribution in [1.82, 2.24) is 9.88 Å². The number of hydrogen-bond acceptors (Lipinski definition) is 2. The van der Waals surface area contributed by atoms with Crippen LogP contribution in [0.2, 0.25) is 0 Å². The number of nitrogens with zero attached hydrogens (tertiary/aromatic N) is 2. The van der Waals surface area contributed by atoms with Gasteiger partial charge in [-0.2, -0.15) is 0 Å². The molecular formula is C25H24N2. The molecule has 0 N–H and O–H groups in total. The van der Waals surface area contributed by atoms with Crippen LogP contribution in [0.5, 0.6) is 0 Å². The zero-order valence-corrected chi connectivity index (χ0v) is 15.5. The highest BCUT2D eigenvalue weighted by atomic mass is 15.1. The van der Waals surface area contributed by atoms with Crippen molar-refractivity contribution in [3.63, 3.8) is 0 Å². The summed E-state index contributed by atoms with van der Waals surface area (Å²) >= 11 is 0. The summed E-state index contributed by atoms with van der Waals surface area (Å²) in [6.45, 7) is 2.35. The molecule has 0 bridgehead atoms. The summed E-state index contributed by atoms with van der Waals surface area (Å²) in [7, 11) is 0. The minimum atomic E-state index is 0.972. The van der Waals surface area contributed by atoms with Crippen LogP contribution >= 0.6 is 0 Å². The largest absolute Gasteiger partial charge is 0.377 e. The molecule has 0 radical (unpaired) electrons. The summed E-state index contributed by atoms with van der Waals surface area (Å²) in [5.41, 5.74) is 5.74. The van der Waals surface area contributed by atoms with Crippen molar-refractivity contribution in [2.75, 3.05) is 13.1 Å². The summed E-state index contributed by atoms with van der Waals surface area (Å²) in [4.78, 5) is 7.04. The first kappa shape index (κ1) is 17.3. The Morgan fingerprint density at radius 2 is 1.37 bits per heavy atom. The van der Waals surface area contributed by atoms with Crippen LogP contribution in [0, 0.1) is 0 Å². The molecule has 2 heteroatoms. The number of allylic oxidation sites excluding steroid dienone is 2. The molecule has 0 amide bonds. The maximum Gasteiger partial charge on any atom is 0.0636 e. The Labute approximate surface area is 161 Å². The van der Waals surface area contributed by atoms with Crippen molar-refractivity contribution < 1.29 is 0 Å². The number of likely N-dealkylation sites (tertiary alicyclic amines) is 1. The van der Waals surface area contributed by atoms with Gasteiger partial charge >= 0.3 is 0 Å². The van der Waals surface area contributed by atoms with E-state index in [1.165, 1.54) is 42.6 Å². The average Bonchev–Trinajstić information content (AvgIpc) is 3.26. The van der Waals surface area contributed by atoms with E-state index in [1.54, 1.807) is 0 Å². The Morgan fingerprint density at radius 1 is 0.741 bits per heavy atom. The summed E-state index contributed by atoms with van der Waals surface area (Å²) in [5, 5.41) is 0. The minimum Gasteiger partial charge on any atom is -0.377 e. The molecule has 1 aliphatic heterocycles. The molecule has 0 spiro atoms. The third kappa shape index (κ3) is 4.35. The van der Waals surface area contributed by atoms with E-state index in [1.807, 2.05) is 12.3 Å². The van der Waals surface area contributed by atoms with Crippen LogP contribution in [0.25, 0.3) is 28.3 Å². The Morgan fingerprint density at radius 3 is 2.04 bits per heavy atom. The molecule has 2 nitrogen and oxygen atoms in total. The molecular weight excluding hydrogens is 328 g/mol. The number of pyridine rings is 1. The van der Waals surface area contributed by atoms with Gasteiger partial charge in [0, 0.05) is 24.8 Å². The molecule has 1 aliphatic rings. The summed E-state index contributed by atoms with van der Waals surface area (Å²) in [6.07, 6.45) is 13.0. The van der Waals surface area contributed by atoms with Gasteiger partial charge in [0.2, 0.25) is 0 Å². The van der Waals surface area contributed by atoms with Crippen LogP contribution in [0.4, 0.5) is 0 Å². The first-order valence-electron chi connectivity index (χ1n) is 9.60. The van der Waals surface area contributed by atoms with Gasteiger partial charge in [-0.25, -0.2) is 0 Å². The van der Waals surface area contributed by atoms with Crippen molar-refractivity contribution in [2.24, 2.45) is 0 Å². The minimum absolute atomic E-state index is 0.972. The fourth-order valence-electron chi connectivity index (χ4n) is 3.48. The van der Waals surface area contributed by atoms with E-state index in [0.29, 0.717) is 0 Å². The molecule has 1 aromatic heterocycles. The summed E-state index contributed by atoms with van der Waals surface area (Å²) in [5.74, 6) is 0. The predicted octanol–water partition coefficient (Wildman–Crippen LogP) is 6.04. The lowest BCUT2D eigenvalue weighted by Gasteiger charge is -2.11. The maximum absolute atomic E-state index is 4.68. The first-order chi connectivity index (χ1) is 13.4. The standard InChI is InChI=1S/C25H24N2/c1-3-11-21(12-4-1)24-19-23(15-7-8-16-27-17-9-10-18-27)26-20-25(24)22-13-5-2-6-14-22/h1-8,11-16,19-20H,9-10,17-18H2. The Kier molecular flexibility index (Phi) is 5.44. The lowest BCUT2D eigenvalue weighted by molar-refractivity contribution is 0.468. The average molecular weight is 352 g/mol.